The molecule has 0 radical (unpaired) electrons. The second-order valence-electron chi connectivity index (χ2n) is 10.2. The largest absolute Gasteiger partial charge is 0.0622 e. The van der Waals surface area contributed by atoms with Gasteiger partial charge in [-0.1, -0.05) is 72.8 Å². The molecule has 5 aliphatic carbocycles. The van der Waals surface area contributed by atoms with Crippen molar-refractivity contribution in [2.75, 3.05) is 0 Å². The molecule has 0 aromatic heterocycles. The van der Waals surface area contributed by atoms with E-state index in [9.17, 15) is 0 Å². The van der Waals surface area contributed by atoms with Crippen LogP contribution < -0.4 is 0 Å². The van der Waals surface area contributed by atoms with Crippen LogP contribution in [0.2, 0.25) is 0 Å². The third kappa shape index (κ3) is 2.10. The standard InChI is InChI=1S/C29H28/c1-2-8-22(9-3-1)29(23-14-19-13-20(16-23)17-24(29)15-19)28-12-6-11-26-25-10-5-4-7-21(25)18-27(26)28/h1-12,19-20,23-24H,13-18H2. The van der Waals surface area contributed by atoms with Gasteiger partial charge in [0.15, 0.2) is 0 Å². The first-order chi connectivity index (χ1) is 14.3. The monoisotopic (exact) mass is 376 g/mol. The van der Waals surface area contributed by atoms with Gasteiger partial charge >= 0.3 is 0 Å². The number of fused-ring (bicyclic) bond motifs is 3. The molecule has 8 rings (SSSR count). The first-order valence-corrected chi connectivity index (χ1v) is 11.6. The van der Waals surface area contributed by atoms with Crippen molar-refractivity contribution in [1.29, 1.82) is 0 Å². The Bertz CT molecular complexity index is 1060. The summed E-state index contributed by atoms with van der Waals surface area (Å²) in [6, 6.07) is 28.0. The van der Waals surface area contributed by atoms with Gasteiger partial charge in [-0.2, -0.15) is 0 Å². The fourth-order valence-corrected chi connectivity index (χ4v) is 8.25. The molecule has 4 fully saturated rings. The molecule has 4 bridgehead atoms. The van der Waals surface area contributed by atoms with Gasteiger partial charge < -0.3 is 0 Å². The summed E-state index contributed by atoms with van der Waals surface area (Å²) < 4.78 is 0. The van der Waals surface area contributed by atoms with Crippen molar-refractivity contribution in [3.05, 3.63) is 95.1 Å². The van der Waals surface area contributed by atoms with Crippen molar-refractivity contribution in [2.45, 2.75) is 43.9 Å². The van der Waals surface area contributed by atoms with Crippen LogP contribution in [0.3, 0.4) is 0 Å². The molecule has 0 heteroatoms. The maximum atomic E-state index is 2.51. The first kappa shape index (κ1) is 16.5. The summed E-state index contributed by atoms with van der Waals surface area (Å²) in [6.45, 7) is 0. The fraction of sp³-hybridized carbons (Fsp3) is 0.379. The van der Waals surface area contributed by atoms with Gasteiger partial charge in [0.05, 0.1) is 0 Å². The van der Waals surface area contributed by atoms with Crippen LogP contribution in [0.15, 0.2) is 72.8 Å². The van der Waals surface area contributed by atoms with Crippen molar-refractivity contribution in [1.82, 2.24) is 0 Å². The molecule has 0 aliphatic heterocycles. The zero-order chi connectivity index (χ0) is 19.0. The van der Waals surface area contributed by atoms with E-state index >= 15 is 0 Å². The van der Waals surface area contributed by atoms with Gasteiger partial charge in [0.1, 0.15) is 0 Å². The Kier molecular flexibility index (Phi) is 3.32. The summed E-state index contributed by atoms with van der Waals surface area (Å²) in [6.07, 6.45) is 8.40. The molecule has 0 spiro atoms. The van der Waals surface area contributed by atoms with Gasteiger partial charge in [-0.05, 0) is 95.6 Å². The molecular weight excluding hydrogens is 348 g/mol. The molecule has 0 amide bonds. The van der Waals surface area contributed by atoms with E-state index in [0.29, 0.717) is 0 Å². The van der Waals surface area contributed by atoms with Crippen LogP contribution in [-0.2, 0) is 11.8 Å². The minimum Gasteiger partial charge on any atom is -0.0622 e. The SMILES string of the molecule is c1ccc(C2(c3cccc4c3Cc3ccccc3-4)C3CC4CC(C3)CC2C4)cc1. The average molecular weight is 377 g/mol. The number of rotatable bonds is 2. The topological polar surface area (TPSA) is 0 Å². The highest BCUT2D eigenvalue weighted by Gasteiger charge is 2.59. The van der Waals surface area contributed by atoms with Gasteiger partial charge in [-0.15, -0.1) is 0 Å². The summed E-state index contributed by atoms with van der Waals surface area (Å²) in [4.78, 5) is 0. The van der Waals surface area contributed by atoms with E-state index in [0.717, 1.165) is 30.1 Å². The molecule has 0 atom stereocenters. The summed E-state index contributed by atoms with van der Waals surface area (Å²) in [7, 11) is 0. The van der Waals surface area contributed by atoms with E-state index in [1.54, 1.807) is 16.7 Å². The lowest BCUT2D eigenvalue weighted by atomic mass is 9.42. The highest BCUT2D eigenvalue weighted by molar-refractivity contribution is 5.79. The predicted octanol–water partition coefficient (Wildman–Crippen LogP) is 7.00. The average Bonchev–Trinajstić information content (AvgIpc) is 3.14. The zero-order valence-electron chi connectivity index (χ0n) is 17.0. The number of hydrogen-bond acceptors (Lipinski definition) is 0. The Morgan fingerprint density at radius 3 is 2.00 bits per heavy atom. The van der Waals surface area contributed by atoms with Crippen LogP contribution in [0.25, 0.3) is 11.1 Å². The normalized spacial score (nSPS) is 33.5. The summed E-state index contributed by atoms with van der Waals surface area (Å²) in [5.41, 5.74) is 9.61. The minimum atomic E-state index is 0.224. The van der Waals surface area contributed by atoms with Crippen LogP contribution >= 0.6 is 0 Å². The van der Waals surface area contributed by atoms with Crippen molar-refractivity contribution < 1.29 is 0 Å². The van der Waals surface area contributed by atoms with Crippen LogP contribution in [0.1, 0.15) is 54.4 Å². The van der Waals surface area contributed by atoms with Gasteiger partial charge in [-0.3, -0.25) is 0 Å². The molecule has 4 saturated carbocycles. The maximum absolute atomic E-state index is 2.51. The molecule has 3 aromatic carbocycles. The van der Waals surface area contributed by atoms with Gasteiger partial charge in [-0.25, -0.2) is 0 Å². The van der Waals surface area contributed by atoms with Crippen molar-refractivity contribution in [2.24, 2.45) is 23.7 Å². The van der Waals surface area contributed by atoms with Crippen molar-refractivity contribution in [3.63, 3.8) is 0 Å². The highest BCUT2D eigenvalue weighted by atomic mass is 14.6. The van der Waals surface area contributed by atoms with E-state index in [1.807, 2.05) is 0 Å². The van der Waals surface area contributed by atoms with E-state index in [1.165, 1.54) is 48.8 Å². The molecule has 29 heavy (non-hydrogen) atoms. The summed E-state index contributed by atoms with van der Waals surface area (Å²) >= 11 is 0. The number of benzene rings is 3. The van der Waals surface area contributed by atoms with Crippen LogP contribution in [-0.4, -0.2) is 0 Å². The second-order valence-corrected chi connectivity index (χ2v) is 10.2. The molecule has 0 heterocycles. The molecule has 3 aromatic rings. The molecular formula is C29H28. The van der Waals surface area contributed by atoms with Crippen molar-refractivity contribution >= 4 is 0 Å². The fourth-order valence-electron chi connectivity index (χ4n) is 8.25. The van der Waals surface area contributed by atoms with E-state index in [4.69, 9.17) is 0 Å². The second kappa shape index (κ2) is 5.85. The Morgan fingerprint density at radius 1 is 0.586 bits per heavy atom. The van der Waals surface area contributed by atoms with Gasteiger partial charge in [0.25, 0.3) is 0 Å². The first-order valence-electron chi connectivity index (χ1n) is 11.6. The van der Waals surface area contributed by atoms with Gasteiger partial charge in [0, 0.05) is 5.41 Å². The Morgan fingerprint density at radius 2 is 1.24 bits per heavy atom. The maximum Gasteiger partial charge on any atom is 0.0262 e. The van der Waals surface area contributed by atoms with E-state index in [-0.39, 0.29) is 5.41 Å². The molecule has 5 aliphatic rings. The van der Waals surface area contributed by atoms with Gasteiger partial charge in [0.2, 0.25) is 0 Å². The summed E-state index contributed by atoms with van der Waals surface area (Å²) in [5.74, 6) is 3.61. The smallest absolute Gasteiger partial charge is 0.0262 e. The van der Waals surface area contributed by atoms with Crippen LogP contribution in [0.5, 0.6) is 0 Å². The molecule has 0 saturated heterocycles. The Labute approximate surface area is 174 Å². The summed E-state index contributed by atoms with van der Waals surface area (Å²) in [5, 5.41) is 0. The molecule has 0 unspecified atom stereocenters. The predicted molar refractivity (Wildman–Crippen MR) is 119 cm³/mol. The lowest BCUT2D eigenvalue weighted by Crippen LogP contribution is -2.56. The molecule has 0 nitrogen and oxygen atoms in total. The third-order valence-electron chi connectivity index (χ3n) is 8.97. The number of hydrogen-bond donors (Lipinski definition) is 0. The Balaban J connectivity index is 1.50. The van der Waals surface area contributed by atoms with E-state index in [2.05, 4.69) is 72.8 Å². The van der Waals surface area contributed by atoms with Crippen LogP contribution in [0.4, 0.5) is 0 Å². The van der Waals surface area contributed by atoms with Crippen LogP contribution in [0, 0.1) is 23.7 Å². The zero-order valence-corrected chi connectivity index (χ0v) is 17.0. The highest BCUT2D eigenvalue weighted by Crippen LogP contribution is 2.66. The lowest BCUT2D eigenvalue weighted by Gasteiger charge is -2.62. The minimum absolute atomic E-state index is 0.224. The molecule has 144 valence electrons. The Hall–Kier alpha value is -2.34. The quantitative estimate of drug-likeness (QED) is 0.353. The lowest BCUT2D eigenvalue weighted by molar-refractivity contribution is -0.0421. The van der Waals surface area contributed by atoms with E-state index < -0.39 is 0 Å². The third-order valence-corrected chi connectivity index (χ3v) is 8.97. The van der Waals surface area contributed by atoms with Crippen molar-refractivity contribution in [3.8, 4) is 11.1 Å². The molecule has 0 N–H and O–H groups in total.